The highest BCUT2D eigenvalue weighted by atomic mass is 32.2. The van der Waals surface area contributed by atoms with Crippen LogP contribution in [0.15, 0.2) is 33.0 Å². The second kappa shape index (κ2) is 6.10. The zero-order valence-corrected chi connectivity index (χ0v) is 15.0. The maximum Gasteiger partial charge on any atom is 0.433 e. The number of carbonyl (C=O) groups excluding carboxylic acids is 1. The number of amides is 1. The maximum absolute atomic E-state index is 12.2. The van der Waals surface area contributed by atoms with E-state index < -0.39 is 16.7 Å². The van der Waals surface area contributed by atoms with E-state index >= 15 is 0 Å². The predicted octanol–water partition coefficient (Wildman–Crippen LogP) is 4.38. The number of anilines is 1. The van der Waals surface area contributed by atoms with Gasteiger partial charge in [-0.15, -0.1) is 11.3 Å². The minimum Gasteiger partial charge on any atom is -0.395 e. The molecular weight excluding hydrogens is 384 g/mol. The number of furan rings is 1. The molecule has 25 heavy (non-hydrogen) atoms. The van der Waals surface area contributed by atoms with Gasteiger partial charge in [-0.2, -0.15) is 0 Å². The third-order valence-electron chi connectivity index (χ3n) is 3.28. The molecule has 0 saturated heterocycles. The Kier molecular flexibility index (Phi) is 3.90. The molecule has 0 atom stereocenters. The molecule has 0 fully saturated rings. The van der Waals surface area contributed by atoms with Crippen LogP contribution in [0, 0.1) is 10.1 Å². The summed E-state index contributed by atoms with van der Waals surface area (Å²) in [7, 11) is 0. The molecule has 0 saturated carbocycles. The van der Waals surface area contributed by atoms with Crippen LogP contribution in [-0.4, -0.2) is 27.1 Å². The predicted molar refractivity (Wildman–Crippen MR) is 97.9 cm³/mol. The summed E-state index contributed by atoms with van der Waals surface area (Å²) in [6, 6.07) is 6.14. The summed E-state index contributed by atoms with van der Waals surface area (Å²) in [5.41, 5.74) is 1.65. The minimum absolute atomic E-state index is 0.140. The van der Waals surface area contributed by atoms with Gasteiger partial charge in [0.15, 0.2) is 15.2 Å². The Labute approximate surface area is 152 Å². The number of rotatable bonds is 4. The number of thioether (sulfide) groups is 1. The Balaban J connectivity index is 1.67. The molecular formula is C14H8N4O4S3. The van der Waals surface area contributed by atoms with Crippen molar-refractivity contribution in [1.29, 1.82) is 0 Å². The maximum atomic E-state index is 12.2. The fourth-order valence-corrected chi connectivity index (χ4v) is 4.85. The number of fused-ring (bicyclic) bond motifs is 3. The second-order valence-corrected chi connectivity index (χ2v) is 7.87. The van der Waals surface area contributed by atoms with Gasteiger partial charge in [0.2, 0.25) is 0 Å². The first-order valence-corrected chi connectivity index (χ1v) is 9.70. The number of benzene rings is 1. The van der Waals surface area contributed by atoms with E-state index in [9.17, 15) is 14.9 Å². The van der Waals surface area contributed by atoms with Crippen molar-refractivity contribution in [2.24, 2.45) is 0 Å². The summed E-state index contributed by atoms with van der Waals surface area (Å²) in [5.74, 6) is -1.21. The minimum atomic E-state index is -0.696. The van der Waals surface area contributed by atoms with Crippen LogP contribution in [0.4, 0.5) is 11.0 Å². The molecule has 0 aliphatic carbocycles. The van der Waals surface area contributed by atoms with Crippen LogP contribution in [-0.2, 0) is 0 Å². The Morgan fingerprint density at radius 2 is 1.92 bits per heavy atom. The van der Waals surface area contributed by atoms with Gasteiger partial charge >= 0.3 is 5.88 Å². The van der Waals surface area contributed by atoms with E-state index in [2.05, 4.69) is 15.3 Å². The zero-order valence-electron chi connectivity index (χ0n) is 12.5. The van der Waals surface area contributed by atoms with Crippen molar-refractivity contribution in [3.8, 4) is 0 Å². The molecule has 11 heteroatoms. The fourth-order valence-electron chi connectivity index (χ4n) is 2.20. The SMILES string of the molecule is CSc1nc2ccc3nc(NC(=O)c4ccc([N+](=O)[O-])o4)sc3c2s1. The van der Waals surface area contributed by atoms with Crippen molar-refractivity contribution in [3.05, 3.63) is 40.1 Å². The number of nitrogens with one attached hydrogen (secondary N) is 1. The molecule has 4 aromatic rings. The first-order valence-electron chi connectivity index (χ1n) is 6.85. The van der Waals surface area contributed by atoms with E-state index in [-0.39, 0.29) is 5.76 Å². The Morgan fingerprint density at radius 3 is 2.60 bits per heavy atom. The van der Waals surface area contributed by atoms with Gasteiger partial charge in [-0.1, -0.05) is 23.1 Å². The van der Waals surface area contributed by atoms with Crippen LogP contribution in [0.25, 0.3) is 20.4 Å². The number of hydrogen-bond donors (Lipinski definition) is 1. The van der Waals surface area contributed by atoms with Crippen LogP contribution in [0.1, 0.15) is 10.6 Å². The Hall–Kier alpha value is -2.50. The molecule has 1 aromatic carbocycles. The zero-order chi connectivity index (χ0) is 17.6. The molecule has 0 radical (unpaired) electrons. The molecule has 1 amide bonds. The lowest BCUT2D eigenvalue weighted by Gasteiger charge is -1.96. The molecule has 0 aliphatic rings. The highest BCUT2D eigenvalue weighted by Gasteiger charge is 2.19. The van der Waals surface area contributed by atoms with Crippen LogP contribution < -0.4 is 5.32 Å². The van der Waals surface area contributed by atoms with Gasteiger partial charge in [-0.25, -0.2) is 9.97 Å². The lowest BCUT2D eigenvalue weighted by atomic mass is 10.3. The van der Waals surface area contributed by atoms with E-state index in [0.717, 1.165) is 30.8 Å². The van der Waals surface area contributed by atoms with Crippen molar-refractivity contribution >= 4 is 71.8 Å². The third-order valence-corrected chi connectivity index (χ3v) is 6.49. The van der Waals surface area contributed by atoms with Crippen LogP contribution in [0.2, 0.25) is 0 Å². The molecule has 3 heterocycles. The van der Waals surface area contributed by atoms with E-state index in [4.69, 9.17) is 4.42 Å². The van der Waals surface area contributed by atoms with Crippen molar-refractivity contribution in [1.82, 2.24) is 9.97 Å². The summed E-state index contributed by atoms with van der Waals surface area (Å²) in [6.07, 6.45) is 1.97. The van der Waals surface area contributed by atoms with E-state index in [1.54, 1.807) is 23.1 Å². The number of carbonyl (C=O) groups is 1. The average molecular weight is 392 g/mol. The van der Waals surface area contributed by atoms with Crippen molar-refractivity contribution in [3.63, 3.8) is 0 Å². The van der Waals surface area contributed by atoms with Gasteiger partial charge in [0.25, 0.3) is 5.91 Å². The molecule has 8 nitrogen and oxygen atoms in total. The third kappa shape index (κ3) is 2.86. The first-order chi connectivity index (χ1) is 12.0. The molecule has 0 spiro atoms. The molecule has 4 rings (SSSR count). The molecule has 0 aliphatic heterocycles. The van der Waals surface area contributed by atoms with E-state index in [0.29, 0.717) is 5.13 Å². The van der Waals surface area contributed by atoms with Crippen LogP contribution >= 0.6 is 34.4 Å². The topological polar surface area (TPSA) is 111 Å². The van der Waals surface area contributed by atoms with Crippen molar-refractivity contribution in [2.75, 3.05) is 11.6 Å². The number of thiazole rings is 2. The smallest absolute Gasteiger partial charge is 0.395 e. The van der Waals surface area contributed by atoms with Gasteiger partial charge in [-0.3, -0.25) is 20.2 Å². The van der Waals surface area contributed by atoms with Gasteiger partial charge < -0.3 is 4.42 Å². The Morgan fingerprint density at radius 1 is 1.20 bits per heavy atom. The van der Waals surface area contributed by atoms with E-state index in [1.807, 2.05) is 18.4 Å². The molecule has 0 unspecified atom stereocenters. The van der Waals surface area contributed by atoms with Crippen molar-refractivity contribution in [2.45, 2.75) is 4.34 Å². The second-order valence-electron chi connectivity index (χ2n) is 4.81. The molecule has 0 bridgehead atoms. The highest BCUT2D eigenvalue weighted by Crippen LogP contribution is 2.38. The average Bonchev–Trinajstić information content (AvgIpc) is 3.30. The summed E-state index contributed by atoms with van der Waals surface area (Å²) >= 11 is 4.48. The quantitative estimate of drug-likeness (QED) is 0.311. The lowest BCUT2D eigenvalue weighted by Crippen LogP contribution is -2.10. The highest BCUT2D eigenvalue weighted by molar-refractivity contribution is 8.00. The monoisotopic (exact) mass is 392 g/mol. The first kappa shape index (κ1) is 16.0. The fraction of sp³-hybridized carbons (Fsp3) is 0.0714. The van der Waals surface area contributed by atoms with Gasteiger partial charge in [0.05, 0.1) is 26.5 Å². The van der Waals surface area contributed by atoms with Gasteiger partial charge in [-0.05, 0) is 24.5 Å². The normalized spacial score (nSPS) is 11.2. The largest absolute Gasteiger partial charge is 0.433 e. The number of nitrogens with zero attached hydrogens (tertiary/aromatic N) is 3. The number of nitro groups is 1. The number of aromatic nitrogens is 2. The van der Waals surface area contributed by atoms with Gasteiger partial charge in [0, 0.05) is 0 Å². The van der Waals surface area contributed by atoms with Crippen LogP contribution in [0.5, 0.6) is 0 Å². The number of hydrogen-bond acceptors (Lipinski definition) is 9. The molecule has 126 valence electrons. The standard InChI is InChI=1S/C14H8N4O4S3/c1-23-14-16-7-3-2-6-10(11(7)25-14)24-13(15-6)17-12(19)8-4-5-9(22-8)18(20)21/h2-5H,1H3,(H,15,17,19). The summed E-state index contributed by atoms with van der Waals surface area (Å²) in [4.78, 5) is 31.0. The van der Waals surface area contributed by atoms with Crippen molar-refractivity contribution < 1.29 is 14.1 Å². The van der Waals surface area contributed by atoms with Crippen LogP contribution in [0.3, 0.4) is 0 Å². The Bertz CT molecular complexity index is 1130. The molecule has 1 N–H and O–H groups in total. The van der Waals surface area contributed by atoms with E-state index in [1.165, 1.54) is 17.4 Å². The summed E-state index contributed by atoms with van der Waals surface area (Å²) in [5, 5.41) is 13.6. The molecule has 3 aromatic heterocycles. The summed E-state index contributed by atoms with van der Waals surface area (Å²) < 4.78 is 7.82. The van der Waals surface area contributed by atoms with Gasteiger partial charge in [0.1, 0.15) is 4.92 Å². The summed E-state index contributed by atoms with van der Waals surface area (Å²) in [6.45, 7) is 0. The lowest BCUT2D eigenvalue weighted by molar-refractivity contribution is -0.402.